The van der Waals surface area contributed by atoms with Crippen molar-refractivity contribution in [2.75, 3.05) is 5.32 Å². The quantitative estimate of drug-likeness (QED) is 0.473. The number of H-pyrrole nitrogens is 1. The van der Waals surface area contributed by atoms with Gasteiger partial charge in [0.2, 0.25) is 0 Å². The molecule has 0 saturated heterocycles. The molecule has 0 radical (unpaired) electrons. The Kier molecular flexibility index (Phi) is 4.68. The molecule has 0 aliphatic heterocycles. The number of benzene rings is 3. The summed E-state index contributed by atoms with van der Waals surface area (Å²) in [5.41, 5.74) is 4.11. The van der Waals surface area contributed by atoms with E-state index in [4.69, 9.17) is 0 Å². The molecule has 5 aromatic rings. The van der Waals surface area contributed by atoms with Gasteiger partial charge in [-0.05, 0) is 42.0 Å². The summed E-state index contributed by atoms with van der Waals surface area (Å²) in [5, 5.41) is 11.1. The summed E-state index contributed by atoms with van der Waals surface area (Å²) in [4.78, 5) is 33.2. The topological polar surface area (TPSA) is 101 Å². The van der Waals surface area contributed by atoms with Crippen LogP contribution in [0.25, 0.3) is 21.8 Å². The second-order valence-corrected chi connectivity index (χ2v) is 7.14. The average Bonchev–Trinajstić information content (AvgIpc) is 2.81. The van der Waals surface area contributed by atoms with Gasteiger partial charge in [-0.25, -0.2) is 5.10 Å². The number of nitrogens with one attached hydrogen (secondary N) is 2. The summed E-state index contributed by atoms with van der Waals surface area (Å²) in [7, 11) is 0. The van der Waals surface area contributed by atoms with E-state index in [0.29, 0.717) is 28.6 Å². The molecule has 0 aliphatic rings. The summed E-state index contributed by atoms with van der Waals surface area (Å²) in [6, 6.07) is 20.2. The fraction of sp³-hybridized carbons (Fsp3) is 0.0417. The number of anilines is 1. The monoisotopic (exact) mass is 407 g/mol. The van der Waals surface area contributed by atoms with E-state index in [2.05, 4.69) is 25.5 Å². The molecule has 0 atom stereocenters. The molecule has 0 bridgehead atoms. The Hall–Kier alpha value is -4.39. The Balaban J connectivity index is 1.40. The highest BCUT2D eigenvalue weighted by Gasteiger charge is 2.10. The molecular formula is C24H17N5O2. The predicted octanol–water partition coefficient (Wildman–Crippen LogP) is 3.71. The van der Waals surface area contributed by atoms with E-state index in [-0.39, 0.29) is 11.5 Å². The Labute approximate surface area is 176 Å². The van der Waals surface area contributed by atoms with Crippen molar-refractivity contribution in [3.8, 4) is 0 Å². The number of hydrogen-bond donors (Lipinski definition) is 2. The van der Waals surface area contributed by atoms with Gasteiger partial charge in [-0.1, -0.05) is 30.3 Å². The molecule has 0 unspecified atom stereocenters. The van der Waals surface area contributed by atoms with Crippen molar-refractivity contribution in [3.05, 3.63) is 106 Å². The number of amides is 1. The van der Waals surface area contributed by atoms with Gasteiger partial charge in [0.05, 0.1) is 22.1 Å². The number of hydrogen-bond acceptors (Lipinski definition) is 5. The van der Waals surface area contributed by atoms with Crippen molar-refractivity contribution < 1.29 is 4.79 Å². The highest BCUT2D eigenvalue weighted by atomic mass is 16.1. The summed E-state index contributed by atoms with van der Waals surface area (Å²) in [5.74, 6) is -0.225. The number of aromatic nitrogens is 4. The smallest absolute Gasteiger partial charge is 0.272 e. The Morgan fingerprint density at radius 3 is 2.55 bits per heavy atom. The molecular weight excluding hydrogens is 390 g/mol. The molecule has 2 N–H and O–H groups in total. The van der Waals surface area contributed by atoms with Gasteiger partial charge in [-0.3, -0.25) is 19.6 Å². The van der Waals surface area contributed by atoms with Gasteiger partial charge >= 0.3 is 0 Å². The third-order valence-electron chi connectivity index (χ3n) is 5.06. The zero-order chi connectivity index (χ0) is 21.2. The lowest BCUT2D eigenvalue weighted by molar-refractivity contribution is 0.102. The molecule has 0 spiro atoms. The van der Waals surface area contributed by atoms with Gasteiger partial charge in [-0.2, -0.15) is 5.10 Å². The van der Waals surface area contributed by atoms with Gasteiger partial charge < -0.3 is 5.32 Å². The van der Waals surface area contributed by atoms with E-state index in [1.807, 2.05) is 42.5 Å². The third kappa shape index (κ3) is 3.76. The van der Waals surface area contributed by atoms with Crippen molar-refractivity contribution in [3.63, 3.8) is 0 Å². The Bertz CT molecular complexity index is 1490. The zero-order valence-electron chi connectivity index (χ0n) is 16.4. The molecule has 0 aliphatic carbocycles. The van der Waals surface area contributed by atoms with Gasteiger partial charge in [0.25, 0.3) is 11.5 Å². The maximum Gasteiger partial charge on any atom is 0.272 e. The van der Waals surface area contributed by atoms with Gasteiger partial charge in [-0.15, -0.1) is 0 Å². The van der Waals surface area contributed by atoms with Crippen LogP contribution in [0.2, 0.25) is 0 Å². The molecule has 3 aromatic carbocycles. The van der Waals surface area contributed by atoms with Crippen LogP contribution in [0.1, 0.15) is 21.6 Å². The first-order valence-corrected chi connectivity index (χ1v) is 9.75. The fourth-order valence-corrected chi connectivity index (χ4v) is 3.57. The Morgan fingerprint density at radius 1 is 0.871 bits per heavy atom. The summed E-state index contributed by atoms with van der Waals surface area (Å²) in [6.07, 6.45) is 3.74. The van der Waals surface area contributed by atoms with E-state index < -0.39 is 0 Å². The fourth-order valence-electron chi connectivity index (χ4n) is 3.57. The molecule has 0 fully saturated rings. The zero-order valence-corrected chi connectivity index (χ0v) is 16.4. The SMILES string of the molecule is O=C(Nc1cccc(Cc2n[nH]c(=O)c3ccccc23)c1)c1ccc2nccnc2c1. The molecule has 2 heterocycles. The van der Waals surface area contributed by atoms with E-state index in [0.717, 1.165) is 22.2 Å². The minimum absolute atomic E-state index is 0.208. The predicted molar refractivity (Wildman–Crippen MR) is 119 cm³/mol. The lowest BCUT2D eigenvalue weighted by Crippen LogP contribution is -2.13. The molecule has 7 nitrogen and oxygen atoms in total. The molecule has 7 heteroatoms. The van der Waals surface area contributed by atoms with Crippen molar-refractivity contribution >= 4 is 33.4 Å². The van der Waals surface area contributed by atoms with E-state index in [1.165, 1.54) is 0 Å². The molecule has 5 rings (SSSR count). The normalized spacial score (nSPS) is 11.0. The van der Waals surface area contributed by atoms with Gasteiger partial charge in [0.15, 0.2) is 0 Å². The first-order chi connectivity index (χ1) is 15.2. The standard InChI is InChI=1S/C24H17N5O2/c30-23(16-8-9-20-22(14-16)26-11-10-25-20)27-17-5-3-4-15(12-17)13-21-18-6-1-2-7-19(18)24(31)29-28-21/h1-12,14H,13H2,(H,27,30)(H,29,31). The van der Waals surface area contributed by atoms with Crippen LogP contribution >= 0.6 is 0 Å². The van der Waals surface area contributed by atoms with Crippen molar-refractivity contribution in [2.24, 2.45) is 0 Å². The van der Waals surface area contributed by atoms with Crippen LogP contribution in [-0.4, -0.2) is 26.1 Å². The van der Waals surface area contributed by atoms with Crippen LogP contribution in [0.3, 0.4) is 0 Å². The van der Waals surface area contributed by atoms with E-state index in [9.17, 15) is 9.59 Å². The first-order valence-electron chi connectivity index (χ1n) is 9.75. The molecule has 1 amide bonds. The molecule has 150 valence electrons. The lowest BCUT2D eigenvalue weighted by Gasteiger charge is -2.09. The maximum atomic E-state index is 12.7. The second-order valence-electron chi connectivity index (χ2n) is 7.14. The van der Waals surface area contributed by atoms with Crippen molar-refractivity contribution in [2.45, 2.75) is 6.42 Å². The van der Waals surface area contributed by atoms with Crippen LogP contribution in [-0.2, 0) is 6.42 Å². The lowest BCUT2D eigenvalue weighted by atomic mass is 10.0. The van der Waals surface area contributed by atoms with Crippen LogP contribution in [0.15, 0.2) is 83.9 Å². The van der Waals surface area contributed by atoms with Crippen LogP contribution in [0, 0.1) is 0 Å². The number of carbonyl (C=O) groups is 1. The number of fused-ring (bicyclic) bond motifs is 2. The number of nitrogens with zero attached hydrogens (tertiary/aromatic N) is 3. The highest BCUT2D eigenvalue weighted by Crippen LogP contribution is 2.19. The van der Waals surface area contributed by atoms with E-state index >= 15 is 0 Å². The largest absolute Gasteiger partial charge is 0.322 e. The minimum Gasteiger partial charge on any atom is -0.322 e. The second kappa shape index (κ2) is 7.79. The molecule has 0 saturated carbocycles. The van der Waals surface area contributed by atoms with Crippen LogP contribution < -0.4 is 10.9 Å². The van der Waals surface area contributed by atoms with Gasteiger partial charge in [0, 0.05) is 35.5 Å². The van der Waals surface area contributed by atoms with Crippen LogP contribution in [0.4, 0.5) is 5.69 Å². The van der Waals surface area contributed by atoms with Gasteiger partial charge in [0.1, 0.15) is 0 Å². The first kappa shape index (κ1) is 18.6. The minimum atomic E-state index is -0.225. The van der Waals surface area contributed by atoms with Crippen molar-refractivity contribution in [1.82, 2.24) is 20.2 Å². The van der Waals surface area contributed by atoms with E-state index in [1.54, 1.807) is 36.7 Å². The number of aromatic amines is 1. The summed E-state index contributed by atoms with van der Waals surface area (Å²) >= 11 is 0. The Morgan fingerprint density at radius 2 is 1.68 bits per heavy atom. The maximum absolute atomic E-state index is 12.7. The summed E-state index contributed by atoms with van der Waals surface area (Å²) < 4.78 is 0. The third-order valence-corrected chi connectivity index (χ3v) is 5.06. The number of carbonyl (C=O) groups excluding carboxylic acids is 1. The van der Waals surface area contributed by atoms with Crippen molar-refractivity contribution in [1.29, 1.82) is 0 Å². The average molecular weight is 407 g/mol. The van der Waals surface area contributed by atoms with Crippen LogP contribution in [0.5, 0.6) is 0 Å². The molecule has 31 heavy (non-hydrogen) atoms. The summed E-state index contributed by atoms with van der Waals surface area (Å²) in [6.45, 7) is 0. The number of rotatable bonds is 4. The highest BCUT2D eigenvalue weighted by molar-refractivity contribution is 6.05. The molecule has 2 aromatic heterocycles.